The lowest BCUT2D eigenvalue weighted by Gasteiger charge is -2.22. The van der Waals surface area contributed by atoms with Crippen LogP contribution in [0.2, 0.25) is 0 Å². The van der Waals surface area contributed by atoms with Gasteiger partial charge < -0.3 is 20.4 Å². The molecule has 116 valence electrons. The van der Waals surface area contributed by atoms with Crippen molar-refractivity contribution in [3.63, 3.8) is 0 Å². The Morgan fingerprint density at radius 1 is 1.33 bits per heavy atom. The number of urea groups is 1. The first-order valence-electron chi connectivity index (χ1n) is 6.69. The van der Waals surface area contributed by atoms with Crippen molar-refractivity contribution >= 4 is 33.6 Å². The third-order valence-electron chi connectivity index (χ3n) is 2.89. The van der Waals surface area contributed by atoms with Gasteiger partial charge in [-0.1, -0.05) is 13.3 Å². The van der Waals surface area contributed by atoms with Crippen molar-refractivity contribution in [2.45, 2.75) is 19.8 Å². The van der Waals surface area contributed by atoms with Crippen LogP contribution >= 0.6 is 15.9 Å². The van der Waals surface area contributed by atoms with Gasteiger partial charge in [0.1, 0.15) is 0 Å². The number of halogens is 1. The lowest BCUT2D eigenvalue weighted by Crippen LogP contribution is -2.37. The number of unbranched alkanes of at least 4 members (excludes halogenated alkanes) is 1. The Bertz CT molecular complexity index is 508. The van der Waals surface area contributed by atoms with Gasteiger partial charge in [0.2, 0.25) is 0 Å². The molecule has 0 atom stereocenters. The van der Waals surface area contributed by atoms with Gasteiger partial charge in [0.25, 0.3) is 0 Å². The monoisotopic (exact) mass is 358 g/mol. The molecule has 21 heavy (non-hydrogen) atoms. The summed E-state index contributed by atoms with van der Waals surface area (Å²) in [5.41, 5.74) is 0.482. The Hall–Kier alpha value is -1.60. The summed E-state index contributed by atoms with van der Waals surface area (Å²) in [5.74, 6) is -1.07. The second kappa shape index (κ2) is 8.63. The molecular weight excluding hydrogens is 340 g/mol. The Kier molecular flexibility index (Phi) is 7.18. The summed E-state index contributed by atoms with van der Waals surface area (Å²) < 4.78 is 0.450. The van der Waals surface area contributed by atoms with E-state index < -0.39 is 5.97 Å². The molecule has 0 bridgehead atoms. The first kappa shape index (κ1) is 17.5. The maximum Gasteiger partial charge on any atom is 0.336 e. The number of hydrogen-bond donors (Lipinski definition) is 3. The summed E-state index contributed by atoms with van der Waals surface area (Å²) in [6.45, 7) is 2.69. The minimum absolute atomic E-state index is 0.0788. The second-order valence-electron chi connectivity index (χ2n) is 4.49. The van der Waals surface area contributed by atoms with Gasteiger partial charge in [-0.05, 0) is 40.5 Å². The molecule has 0 radical (unpaired) electrons. The molecule has 0 aliphatic heterocycles. The number of anilines is 1. The molecule has 2 amide bonds. The fourth-order valence-corrected chi connectivity index (χ4v) is 2.17. The number of aliphatic hydroxyl groups excluding tert-OH is 1. The lowest BCUT2D eigenvalue weighted by atomic mass is 10.2. The summed E-state index contributed by atoms with van der Waals surface area (Å²) in [6.07, 6.45) is 1.78. The zero-order chi connectivity index (χ0) is 15.8. The SMILES string of the molecule is CCCCN(CCO)C(=O)Nc1ccc(Br)c(C(=O)O)c1. The van der Waals surface area contributed by atoms with E-state index in [1.807, 2.05) is 6.92 Å². The van der Waals surface area contributed by atoms with Gasteiger partial charge in [-0.2, -0.15) is 0 Å². The van der Waals surface area contributed by atoms with Crippen molar-refractivity contribution in [3.8, 4) is 0 Å². The fraction of sp³-hybridized carbons (Fsp3) is 0.429. The molecule has 0 heterocycles. The van der Waals surface area contributed by atoms with Crippen LogP contribution in [0.25, 0.3) is 0 Å². The molecule has 0 aliphatic rings. The number of carbonyl (C=O) groups is 2. The number of nitrogens with zero attached hydrogens (tertiary/aromatic N) is 1. The summed E-state index contributed by atoms with van der Waals surface area (Å²) in [6, 6.07) is 4.23. The van der Waals surface area contributed by atoms with E-state index >= 15 is 0 Å². The molecule has 0 aliphatic carbocycles. The standard InChI is InChI=1S/C14H19BrN2O4/c1-2-3-6-17(7-8-18)14(21)16-10-4-5-12(15)11(9-10)13(19)20/h4-5,9,18H,2-3,6-8H2,1H3,(H,16,21)(H,19,20). The van der Waals surface area contributed by atoms with Crippen LogP contribution in [0.1, 0.15) is 30.1 Å². The van der Waals surface area contributed by atoms with Crippen molar-refractivity contribution in [2.24, 2.45) is 0 Å². The van der Waals surface area contributed by atoms with Gasteiger partial charge in [0, 0.05) is 23.2 Å². The largest absolute Gasteiger partial charge is 0.478 e. The third-order valence-corrected chi connectivity index (χ3v) is 3.58. The highest BCUT2D eigenvalue weighted by atomic mass is 79.9. The summed E-state index contributed by atoms with van der Waals surface area (Å²) in [4.78, 5) is 24.7. The van der Waals surface area contributed by atoms with E-state index in [4.69, 9.17) is 10.2 Å². The van der Waals surface area contributed by atoms with Crippen LogP contribution in [0.4, 0.5) is 10.5 Å². The minimum Gasteiger partial charge on any atom is -0.478 e. The van der Waals surface area contributed by atoms with Crippen LogP contribution in [-0.4, -0.2) is 46.8 Å². The highest BCUT2D eigenvalue weighted by Gasteiger charge is 2.14. The molecule has 1 aromatic rings. The van der Waals surface area contributed by atoms with Gasteiger partial charge in [-0.15, -0.1) is 0 Å². The Morgan fingerprint density at radius 3 is 2.62 bits per heavy atom. The Balaban J connectivity index is 2.80. The van der Waals surface area contributed by atoms with Crippen LogP contribution in [0.3, 0.4) is 0 Å². The molecule has 0 spiro atoms. The van der Waals surface area contributed by atoms with Crippen molar-refractivity contribution in [3.05, 3.63) is 28.2 Å². The van der Waals surface area contributed by atoms with Gasteiger partial charge in [0.15, 0.2) is 0 Å². The first-order chi connectivity index (χ1) is 9.99. The number of hydrogen-bond acceptors (Lipinski definition) is 3. The molecule has 1 rings (SSSR count). The van der Waals surface area contributed by atoms with Crippen molar-refractivity contribution in [1.82, 2.24) is 4.90 Å². The number of carbonyl (C=O) groups excluding carboxylic acids is 1. The van der Waals surface area contributed by atoms with Crippen LogP contribution in [0, 0.1) is 0 Å². The minimum atomic E-state index is -1.07. The van der Waals surface area contributed by atoms with Crippen LogP contribution in [0.5, 0.6) is 0 Å². The predicted octanol–water partition coefficient (Wildman–Crippen LogP) is 2.77. The zero-order valence-electron chi connectivity index (χ0n) is 11.8. The number of carboxylic acids is 1. The number of amides is 2. The maximum absolute atomic E-state index is 12.1. The zero-order valence-corrected chi connectivity index (χ0v) is 13.4. The van der Waals surface area contributed by atoms with E-state index in [2.05, 4.69) is 21.2 Å². The van der Waals surface area contributed by atoms with E-state index in [0.29, 0.717) is 16.7 Å². The molecule has 0 aromatic heterocycles. The Labute approximate surface area is 131 Å². The highest BCUT2D eigenvalue weighted by molar-refractivity contribution is 9.10. The Morgan fingerprint density at radius 2 is 2.05 bits per heavy atom. The molecule has 0 unspecified atom stereocenters. The quantitative estimate of drug-likeness (QED) is 0.698. The van der Waals surface area contributed by atoms with Crippen LogP contribution in [-0.2, 0) is 0 Å². The molecular formula is C14H19BrN2O4. The van der Waals surface area contributed by atoms with Crippen LogP contribution < -0.4 is 5.32 Å². The molecule has 6 nitrogen and oxygen atoms in total. The van der Waals surface area contributed by atoms with E-state index in [1.165, 1.54) is 11.0 Å². The van der Waals surface area contributed by atoms with Gasteiger partial charge in [0.05, 0.1) is 12.2 Å². The third kappa shape index (κ3) is 5.35. The van der Waals surface area contributed by atoms with Gasteiger partial charge in [-0.25, -0.2) is 9.59 Å². The fourth-order valence-electron chi connectivity index (χ4n) is 1.75. The van der Waals surface area contributed by atoms with E-state index in [9.17, 15) is 9.59 Å². The van der Waals surface area contributed by atoms with E-state index in [0.717, 1.165) is 12.8 Å². The molecule has 0 saturated carbocycles. The maximum atomic E-state index is 12.1. The van der Waals surface area contributed by atoms with Crippen molar-refractivity contribution in [2.75, 3.05) is 25.0 Å². The van der Waals surface area contributed by atoms with Crippen molar-refractivity contribution < 1.29 is 19.8 Å². The molecule has 7 heteroatoms. The number of rotatable bonds is 7. The lowest BCUT2D eigenvalue weighted by molar-refractivity contribution is 0.0696. The summed E-state index contributed by atoms with van der Waals surface area (Å²) in [5, 5.41) is 20.7. The number of nitrogens with one attached hydrogen (secondary N) is 1. The predicted molar refractivity (Wildman–Crippen MR) is 83.7 cm³/mol. The average molecular weight is 359 g/mol. The molecule has 0 fully saturated rings. The van der Waals surface area contributed by atoms with E-state index in [-0.39, 0.29) is 24.7 Å². The number of benzene rings is 1. The molecule has 3 N–H and O–H groups in total. The number of aliphatic hydroxyl groups is 1. The van der Waals surface area contributed by atoms with E-state index in [1.54, 1.807) is 12.1 Å². The van der Waals surface area contributed by atoms with Gasteiger partial charge in [-0.3, -0.25) is 0 Å². The first-order valence-corrected chi connectivity index (χ1v) is 7.48. The smallest absolute Gasteiger partial charge is 0.336 e. The topological polar surface area (TPSA) is 89.9 Å². The molecule has 0 saturated heterocycles. The normalized spacial score (nSPS) is 10.2. The summed E-state index contributed by atoms with van der Waals surface area (Å²) >= 11 is 3.15. The van der Waals surface area contributed by atoms with Crippen LogP contribution in [0.15, 0.2) is 22.7 Å². The number of aromatic carboxylic acids is 1. The van der Waals surface area contributed by atoms with Gasteiger partial charge >= 0.3 is 12.0 Å². The summed E-state index contributed by atoms with van der Waals surface area (Å²) in [7, 11) is 0. The second-order valence-corrected chi connectivity index (χ2v) is 5.35. The molecule has 1 aromatic carbocycles. The highest BCUT2D eigenvalue weighted by Crippen LogP contribution is 2.21. The average Bonchev–Trinajstić information content (AvgIpc) is 2.45. The number of carboxylic acid groups (broad SMARTS) is 1. The van der Waals surface area contributed by atoms with Crippen molar-refractivity contribution in [1.29, 1.82) is 0 Å².